The number of nitrogens with one attached hydrogen (secondary N) is 1. The molecule has 1 saturated carbocycles. The van der Waals surface area contributed by atoms with Gasteiger partial charge < -0.3 is 14.8 Å². The summed E-state index contributed by atoms with van der Waals surface area (Å²) in [7, 11) is 0. The van der Waals surface area contributed by atoms with Gasteiger partial charge in [0.05, 0.1) is 16.5 Å². The summed E-state index contributed by atoms with van der Waals surface area (Å²) in [6.45, 7) is 0. The third-order valence-corrected chi connectivity index (χ3v) is 6.17. The van der Waals surface area contributed by atoms with Crippen LogP contribution in [0.25, 0.3) is 33.4 Å². The second-order valence-corrected chi connectivity index (χ2v) is 8.08. The fraction of sp³-hybridized carbons (Fsp3) is 0.154. The molecule has 4 aromatic rings. The van der Waals surface area contributed by atoms with Crippen LogP contribution in [0.5, 0.6) is 0 Å². The van der Waals surface area contributed by atoms with Gasteiger partial charge in [0.25, 0.3) is 0 Å². The Morgan fingerprint density at radius 1 is 0.969 bits per heavy atom. The van der Waals surface area contributed by atoms with Crippen molar-refractivity contribution in [3.63, 3.8) is 0 Å². The van der Waals surface area contributed by atoms with E-state index in [0.29, 0.717) is 22.5 Å². The Balaban J connectivity index is 1.69. The highest BCUT2D eigenvalue weighted by Crippen LogP contribution is 2.42. The standard InChI is InChI=1S/C26H20FNO4/c27-19-11-12-21-20(15-19)23(29)22(24(32-21)17-5-2-1-3-6-17)16-7-9-18(10-8-16)26(13-4-14-26)28-25(30)31/h1-3,5-12,15,28H,4,13-14H2,(H,30,31). The molecular weight excluding hydrogens is 409 g/mol. The number of rotatable bonds is 4. The highest BCUT2D eigenvalue weighted by molar-refractivity contribution is 5.89. The molecule has 1 aromatic heterocycles. The van der Waals surface area contributed by atoms with E-state index in [9.17, 15) is 19.1 Å². The van der Waals surface area contributed by atoms with Gasteiger partial charge >= 0.3 is 6.09 Å². The van der Waals surface area contributed by atoms with Crippen molar-refractivity contribution in [1.82, 2.24) is 5.32 Å². The van der Waals surface area contributed by atoms with E-state index in [1.54, 1.807) is 12.1 Å². The summed E-state index contributed by atoms with van der Waals surface area (Å²) < 4.78 is 20.0. The second-order valence-electron chi connectivity index (χ2n) is 8.08. The molecule has 0 atom stereocenters. The molecule has 1 aliphatic carbocycles. The van der Waals surface area contributed by atoms with Crippen molar-refractivity contribution in [3.8, 4) is 22.5 Å². The van der Waals surface area contributed by atoms with Crippen molar-refractivity contribution < 1.29 is 18.7 Å². The lowest BCUT2D eigenvalue weighted by atomic mass is 9.71. The topological polar surface area (TPSA) is 79.5 Å². The fourth-order valence-corrected chi connectivity index (χ4v) is 4.40. The van der Waals surface area contributed by atoms with E-state index in [0.717, 1.165) is 30.4 Å². The lowest BCUT2D eigenvalue weighted by Gasteiger charge is -2.42. The molecule has 1 aliphatic rings. The summed E-state index contributed by atoms with van der Waals surface area (Å²) >= 11 is 0. The molecule has 1 amide bonds. The van der Waals surface area contributed by atoms with Gasteiger partial charge in [-0.2, -0.15) is 0 Å². The van der Waals surface area contributed by atoms with Crippen LogP contribution in [0.2, 0.25) is 0 Å². The maximum absolute atomic E-state index is 13.9. The number of halogens is 1. The molecule has 160 valence electrons. The normalized spacial score (nSPS) is 14.7. The van der Waals surface area contributed by atoms with Crippen molar-refractivity contribution >= 4 is 17.1 Å². The van der Waals surface area contributed by atoms with Crippen molar-refractivity contribution in [2.75, 3.05) is 0 Å². The first-order chi connectivity index (χ1) is 15.5. The molecule has 5 rings (SSSR count). The van der Waals surface area contributed by atoms with Crippen molar-refractivity contribution in [1.29, 1.82) is 0 Å². The number of hydrogen-bond acceptors (Lipinski definition) is 3. The molecular formula is C26H20FNO4. The van der Waals surface area contributed by atoms with Crippen LogP contribution in [-0.2, 0) is 5.54 Å². The summed E-state index contributed by atoms with van der Waals surface area (Å²) in [6, 6.07) is 20.5. The fourth-order valence-electron chi connectivity index (χ4n) is 4.40. The summed E-state index contributed by atoms with van der Waals surface area (Å²) in [5.41, 5.74) is 1.95. The number of carbonyl (C=O) groups is 1. The van der Waals surface area contributed by atoms with E-state index >= 15 is 0 Å². The first kappa shape index (κ1) is 20.0. The van der Waals surface area contributed by atoms with E-state index in [1.165, 1.54) is 18.2 Å². The summed E-state index contributed by atoms with van der Waals surface area (Å²) in [5.74, 6) is -0.102. The van der Waals surface area contributed by atoms with Crippen LogP contribution in [0.4, 0.5) is 9.18 Å². The second kappa shape index (κ2) is 7.64. The predicted octanol–water partition coefficient (Wildman–Crippen LogP) is 5.91. The third-order valence-electron chi connectivity index (χ3n) is 6.17. The van der Waals surface area contributed by atoms with E-state index in [4.69, 9.17) is 4.42 Å². The summed E-state index contributed by atoms with van der Waals surface area (Å²) in [4.78, 5) is 24.7. The Morgan fingerprint density at radius 3 is 2.31 bits per heavy atom. The molecule has 0 aliphatic heterocycles. The molecule has 1 heterocycles. The van der Waals surface area contributed by atoms with Gasteiger partial charge in [0.2, 0.25) is 5.43 Å². The Hall–Kier alpha value is -3.93. The lowest BCUT2D eigenvalue weighted by molar-refractivity contribution is 0.144. The highest BCUT2D eigenvalue weighted by Gasteiger charge is 2.40. The van der Waals surface area contributed by atoms with Crippen LogP contribution in [0.3, 0.4) is 0 Å². The number of benzene rings is 3. The zero-order valence-electron chi connectivity index (χ0n) is 17.1. The Morgan fingerprint density at radius 2 is 1.69 bits per heavy atom. The highest BCUT2D eigenvalue weighted by atomic mass is 19.1. The molecule has 2 N–H and O–H groups in total. The number of hydrogen-bond donors (Lipinski definition) is 2. The van der Waals surface area contributed by atoms with Gasteiger partial charge in [-0.3, -0.25) is 4.79 Å². The minimum absolute atomic E-state index is 0.173. The van der Waals surface area contributed by atoms with Gasteiger partial charge in [-0.15, -0.1) is 0 Å². The van der Waals surface area contributed by atoms with Gasteiger partial charge in [-0.1, -0.05) is 54.6 Å². The Labute approximate surface area is 183 Å². The first-order valence-electron chi connectivity index (χ1n) is 10.4. The molecule has 0 saturated heterocycles. The summed E-state index contributed by atoms with van der Waals surface area (Å²) in [6.07, 6.45) is 1.34. The largest absolute Gasteiger partial charge is 0.465 e. The molecule has 5 nitrogen and oxygen atoms in total. The van der Waals surface area contributed by atoms with Crippen LogP contribution in [0.15, 0.2) is 82.0 Å². The van der Waals surface area contributed by atoms with Crippen LogP contribution < -0.4 is 10.7 Å². The Kier molecular flexibility index (Phi) is 4.78. The Bertz CT molecular complexity index is 1370. The number of amides is 1. The molecule has 0 bridgehead atoms. The van der Waals surface area contributed by atoms with E-state index in [1.807, 2.05) is 42.5 Å². The maximum atomic E-state index is 13.9. The lowest BCUT2D eigenvalue weighted by Crippen LogP contribution is -2.50. The van der Waals surface area contributed by atoms with E-state index in [-0.39, 0.29) is 10.8 Å². The van der Waals surface area contributed by atoms with Gasteiger partial charge in [0.1, 0.15) is 17.2 Å². The zero-order chi connectivity index (χ0) is 22.3. The van der Waals surface area contributed by atoms with Gasteiger partial charge in [0, 0.05) is 5.56 Å². The number of fused-ring (bicyclic) bond motifs is 1. The molecule has 0 unspecified atom stereocenters. The van der Waals surface area contributed by atoms with Crippen LogP contribution >= 0.6 is 0 Å². The van der Waals surface area contributed by atoms with Crippen molar-refractivity contribution in [2.45, 2.75) is 24.8 Å². The molecule has 0 radical (unpaired) electrons. The molecule has 0 spiro atoms. The quantitative estimate of drug-likeness (QED) is 0.422. The molecule has 1 fully saturated rings. The summed E-state index contributed by atoms with van der Waals surface area (Å²) in [5, 5.41) is 12.0. The monoisotopic (exact) mass is 429 g/mol. The van der Waals surface area contributed by atoms with Crippen molar-refractivity contribution in [3.05, 3.63) is 94.4 Å². The molecule has 32 heavy (non-hydrogen) atoms. The minimum atomic E-state index is -1.06. The predicted molar refractivity (Wildman–Crippen MR) is 120 cm³/mol. The third kappa shape index (κ3) is 3.34. The molecule has 6 heteroatoms. The van der Waals surface area contributed by atoms with Crippen LogP contribution in [0, 0.1) is 5.82 Å². The van der Waals surface area contributed by atoms with Gasteiger partial charge in [0.15, 0.2) is 0 Å². The SMILES string of the molecule is O=C(O)NC1(c2ccc(-c3c(-c4ccccc4)oc4ccc(F)cc4c3=O)cc2)CCC1. The van der Waals surface area contributed by atoms with Crippen molar-refractivity contribution in [2.24, 2.45) is 0 Å². The van der Waals surface area contributed by atoms with Gasteiger partial charge in [-0.05, 0) is 48.6 Å². The first-order valence-corrected chi connectivity index (χ1v) is 10.4. The smallest absolute Gasteiger partial charge is 0.405 e. The van der Waals surface area contributed by atoms with E-state index < -0.39 is 17.4 Å². The number of carboxylic acid groups (broad SMARTS) is 1. The van der Waals surface area contributed by atoms with Crippen LogP contribution in [-0.4, -0.2) is 11.2 Å². The maximum Gasteiger partial charge on any atom is 0.405 e. The zero-order valence-corrected chi connectivity index (χ0v) is 17.1. The van der Waals surface area contributed by atoms with E-state index in [2.05, 4.69) is 5.32 Å². The average Bonchev–Trinajstić information content (AvgIpc) is 2.77. The minimum Gasteiger partial charge on any atom is -0.465 e. The van der Waals surface area contributed by atoms with Gasteiger partial charge in [-0.25, -0.2) is 9.18 Å². The average molecular weight is 429 g/mol. The van der Waals surface area contributed by atoms with Crippen LogP contribution in [0.1, 0.15) is 24.8 Å². The molecule has 3 aromatic carbocycles.